The molecule has 1 aromatic carbocycles. The molecule has 0 amide bonds. The van der Waals surface area contributed by atoms with Gasteiger partial charge in [-0.1, -0.05) is 0 Å². The van der Waals surface area contributed by atoms with E-state index in [0.717, 1.165) is 39.5 Å². The van der Waals surface area contributed by atoms with Crippen LogP contribution in [0.1, 0.15) is 28.8 Å². The van der Waals surface area contributed by atoms with Crippen molar-refractivity contribution >= 4 is 43.7 Å². The van der Waals surface area contributed by atoms with Crippen LogP contribution in [0.2, 0.25) is 0 Å². The smallest absolute Gasteiger partial charge is 0.282 e. The highest BCUT2D eigenvalue weighted by Crippen LogP contribution is 2.36. The zero-order chi connectivity index (χ0) is 17.7. The summed E-state index contributed by atoms with van der Waals surface area (Å²) in [6, 6.07) is 3.67. The lowest BCUT2D eigenvalue weighted by Gasteiger charge is -2.09. The molecule has 0 bridgehead atoms. The zero-order valence-electron chi connectivity index (χ0n) is 13.7. The molecular formula is C18H14BrN3O3S. The molecule has 0 fully saturated rings. The summed E-state index contributed by atoms with van der Waals surface area (Å²) in [4.78, 5) is 19.5. The summed E-state index contributed by atoms with van der Waals surface area (Å²) in [6.45, 7) is 0.214. The number of ether oxygens (including phenoxy) is 2. The van der Waals surface area contributed by atoms with Crippen molar-refractivity contribution in [3.8, 4) is 11.5 Å². The van der Waals surface area contributed by atoms with Crippen LogP contribution in [0.25, 0.3) is 10.2 Å². The molecule has 0 atom stereocenters. The summed E-state index contributed by atoms with van der Waals surface area (Å²) in [5, 5.41) is 5.07. The van der Waals surface area contributed by atoms with Crippen molar-refractivity contribution in [2.45, 2.75) is 25.7 Å². The highest BCUT2D eigenvalue weighted by molar-refractivity contribution is 9.10. The number of fused-ring (bicyclic) bond motifs is 4. The van der Waals surface area contributed by atoms with Crippen molar-refractivity contribution in [3.63, 3.8) is 0 Å². The molecule has 0 N–H and O–H groups in total. The Kier molecular flexibility index (Phi) is 3.82. The van der Waals surface area contributed by atoms with E-state index in [0.29, 0.717) is 11.5 Å². The molecule has 0 radical (unpaired) electrons. The number of hydrogen-bond donors (Lipinski definition) is 0. The molecule has 1 aliphatic heterocycles. The van der Waals surface area contributed by atoms with Gasteiger partial charge < -0.3 is 9.47 Å². The Hall–Kier alpha value is -2.19. The third-order valence-electron chi connectivity index (χ3n) is 4.67. The fourth-order valence-corrected chi connectivity index (χ4v) is 5.02. The lowest BCUT2D eigenvalue weighted by atomic mass is 9.97. The van der Waals surface area contributed by atoms with Crippen molar-refractivity contribution in [1.29, 1.82) is 0 Å². The maximum Gasteiger partial charge on any atom is 0.282 e. The Labute approximate surface area is 161 Å². The molecule has 3 heterocycles. The molecule has 2 aliphatic rings. The minimum atomic E-state index is -0.109. The van der Waals surface area contributed by atoms with E-state index in [1.54, 1.807) is 17.6 Å². The van der Waals surface area contributed by atoms with Crippen LogP contribution in [0.3, 0.4) is 0 Å². The van der Waals surface area contributed by atoms with Gasteiger partial charge in [0.25, 0.3) is 5.56 Å². The predicted octanol–water partition coefficient (Wildman–Crippen LogP) is 3.71. The maximum absolute atomic E-state index is 12.9. The second-order valence-corrected chi connectivity index (χ2v) is 8.19. The summed E-state index contributed by atoms with van der Waals surface area (Å²) >= 11 is 5.14. The van der Waals surface area contributed by atoms with Crippen molar-refractivity contribution in [2.24, 2.45) is 5.10 Å². The van der Waals surface area contributed by atoms with Gasteiger partial charge >= 0.3 is 0 Å². The second kappa shape index (κ2) is 6.21. The standard InChI is InChI=1S/C18H14BrN3O3S/c19-12-6-14-13(24-9-25-14)5-10(12)7-21-22-8-20-17-16(18(22)23)11-3-1-2-4-15(11)26-17/h5-8H,1-4,9H2. The molecule has 6 nitrogen and oxygen atoms in total. The van der Waals surface area contributed by atoms with Gasteiger partial charge in [0.05, 0.1) is 11.6 Å². The van der Waals surface area contributed by atoms with Gasteiger partial charge in [0.2, 0.25) is 6.79 Å². The van der Waals surface area contributed by atoms with Crippen molar-refractivity contribution in [1.82, 2.24) is 9.66 Å². The largest absolute Gasteiger partial charge is 0.454 e. The van der Waals surface area contributed by atoms with E-state index in [2.05, 4.69) is 26.0 Å². The normalized spacial score (nSPS) is 15.7. The van der Waals surface area contributed by atoms with E-state index in [1.807, 2.05) is 12.1 Å². The van der Waals surface area contributed by atoms with Crippen LogP contribution >= 0.6 is 27.3 Å². The van der Waals surface area contributed by atoms with Gasteiger partial charge in [0.1, 0.15) is 11.2 Å². The van der Waals surface area contributed by atoms with E-state index < -0.39 is 0 Å². The number of thiophene rings is 1. The molecule has 0 unspecified atom stereocenters. The van der Waals surface area contributed by atoms with Gasteiger partial charge in [-0.3, -0.25) is 4.79 Å². The second-order valence-electron chi connectivity index (χ2n) is 6.26. The molecule has 5 rings (SSSR count). The number of hydrogen-bond acceptors (Lipinski definition) is 6. The van der Waals surface area contributed by atoms with Crippen LogP contribution in [0.15, 0.2) is 32.8 Å². The first-order valence-corrected chi connectivity index (χ1v) is 9.97. The molecule has 0 spiro atoms. The summed E-state index contributed by atoms with van der Waals surface area (Å²) in [5.41, 5.74) is 1.86. The topological polar surface area (TPSA) is 65.7 Å². The first-order chi connectivity index (χ1) is 12.7. The number of aryl methyl sites for hydroxylation is 2. The highest BCUT2D eigenvalue weighted by atomic mass is 79.9. The van der Waals surface area contributed by atoms with Crippen LogP contribution in [0.5, 0.6) is 11.5 Å². The Balaban J connectivity index is 1.57. The Morgan fingerprint density at radius 3 is 2.92 bits per heavy atom. The monoisotopic (exact) mass is 431 g/mol. The van der Waals surface area contributed by atoms with Gasteiger partial charge in [0, 0.05) is 14.9 Å². The molecule has 1 aliphatic carbocycles. The predicted molar refractivity (Wildman–Crippen MR) is 104 cm³/mol. The highest BCUT2D eigenvalue weighted by Gasteiger charge is 2.20. The third-order valence-corrected chi connectivity index (χ3v) is 6.56. The number of nitrogens with zero attached hydrogens (tertiary/aromatic N) is 3. The van der Waals surface area contributed by atoms with Gasteiger partial charge in [-0.2, -0.15) is 9.78 Å². The van der Waals surface area contributed by atoms with Crippen LogP contribution in [-0.4, -0.2) is 22.7 Å². The average Bonchev–Trinajstić information content (AvgIpc) is 3.24. The van der Waals surface area contributed by atoms with Crippen LogP contribution in [-0.2, 0) is 12.8 Å². The van der Waals surface area contributed by atoms with Gasteiger partial charge in [0.15, 0.2) is 11.5 Å². The average molecular weight is 432 g/mol. The first kappa shape index (κ1) is 16.0. The Morgan fingerprint density at radius 1 is 1.23 bits per heavy atom. The van der Waals surface area contributed by atoms with Crippen molar-refractivity contribution in [3.05, 3.63) is 49.3 Å². The van der Waals surface area contributed by atoms with Crippen LogP contribution in [0.4, 0.5) is 0 Å². The number of benzene rings is 1. The number of aromatic nitrogens is 2. The van der Waals surface area contributed by atoms with E-state index in [-0.39, 0.29) is 12.4 Å². The summed E-state index contributed by atoms with van der Waals surface area (Å²) in [5.74, 6) is 1.36. The van der Waals surface area contributed by atoms with Crippen molar-refractivity contribution in [2.75, 3.05) is 6.79 Å². The van der Waals surface area contributed by atoms with E-state index in [9.17, 15) is 4.79 Å². The summed E-state index contributed by atoms with van der Waals surface area (Å²) < 4.78 is 12.9. The van der Waals surface area contributed by atoms with E-state index >= 15 is 0 Å². The molecular weight excluding hydrogens is 418 g/mol. The molecule has 26 heavy (non-hydrogen) atoms. The molecule has 132 valence electrons. The van der Waals surface area contributed by atoms with Gasteiger partial charge in [-0.15, -0.1) is 11.3 Å². The van der Waals surface area contributed by atoms with Crippen LogP contribution < -0.4 is 15.0 Å². The maximum atomic E-state index is 12.9. The minimum Gasteiger partial charge on any atom is -0.454 e. The Bertz CT molecular complexity index is 1120. The van der Waals surface area contributed by atoms with E-state index in [4.69, 9.17) is 9.47 Å². The molecule has 2 aromatic heterocycles. The third kappa shape index (κ3) is 2.55. The summed E-state index contributed by atoms with van der Waals surface area (Å²) in [6.07, 6.45) is 7.42. The van der Waals surface area contributed by atoms with Crippen LogP contribution in [0, 0.1) is 0 Å². The van der Waals surface area contributed by atoms with Gasteiger partial charge in [-0.25, -0.2) is 4.98 Å². The number of halogens is 1. The fourth-order valence-electron chi connectivity index (χ4n) is 3.38. The minimum absolute atomic E-state index is 0.109. The first-order valence-electron chi connectivity index (χ1n) is 8.36. The van der Waals surface area contributed by atoms with E-state index in [1.165, 1.54) is 27.9 Å². The van der Waals surface area contributed by atoms with Gasteiger partial charge in [-0.05, 0) is 59.3 Å². The molecule has 0 saturated heterocycles. The Morgan fingerprint density at radius 2 is 2.04 bits per heavy atom. The SMILES string of the molecule is O=c1c2c3c(sc2ncn1N=Cc1cc2c(cc1Br)OCO2)CCCC3. The lowest BCUT2D eigenvalue weighted by molar-refractivity contribution is 0.174. The fraction of sp³-hybridized carbons (Fsp3) is 0.278. The summed E-state index contributed by atoms with van der Waals surface area (Å²) in [7, 11) is 0. The molecule has 0 saturated carbocycles. The quantitative estimate of drug-likeness (QED) is 0.580. The molecule has 8 heteroatoms. The lowest BCUT2D eigenvalue weighted by Crippen LogP contribution is -2.18. The molecule has 3 aromatic rings. The zero-order valence-corrected chi connectivity index (χ0v) is 16.1. The number of rotatable bonds is 2. The van der Waals surface area contributed by atoms with Crippen molar-refractivity contribution < 1.29 is 9.47 Å².